The zero-order chi connectivity index (χ0) is 21.9. The van der Waals surface area contributed by atoms with Crippen LogP contribution >= 0.6 is 0 Å². The van der Waals surface area contributed by atoms with Gasteiger partial charge in [0.05, 0.1) is 31.8 Å². The Morgan fingerprint density at radius 2 is 1.59 bits per heavy atom. The number of methoxy groups -OCH3 is 2. The molecule has 0 aliphatic heterocycles. The molecule has 0 saturated carbocycles. The lowest BCUT2D eigenvalue weighted by atomic mass is 10.0. The molecule has 1 heterocycles. The van der Waals surface area contributed by atoms with Gasteiger partial charge in [-0.1, -0.05) is 54.6 Å². The Morgan fingerprint density at radius 3 is 2.41 bits per heavy atom. The fourth-order valence-corrected chi connectivity index (χ4v) is 4.04. The Labute approximate surface area is 186 Å². The molecule has 0 saturated heterocycles. The quantitative estimate of drug-likeness (QED) is 0.316. The van der Waals surface area contributed by atoms with E-state index in [9.17, 15) is 0 Å². The van der Waals surface area contributed by atoms with Gasteiger partial charge in [0.15, 0.2) is 0 Å². The summed E-state index contributed by atoms with van der Waals surface area (Å²) in [5.74, 6) is 2.24. The van der Waals surface area contributed by atoms with Crippen LogP contribution in [0.25, 0.3) is 21.8 Å². The number of para-hydroxylation sites is 2. The van der Waals surface area contributed by atoms with E-state index >= 15 is 0 Å². The maximum absolute atomic E-state index is 5.63. The molecule has 32 heavy (non-hydrogen) atoms. The van der Waals surface area contributed by atoms with E-state index < -0.39 is 0 Å². The third-order valence-corrected chi connectivity index (χ3v) is 5.57. The molecule has 4 aromatic carbocycles. The van der Waals surface area contributed by atoms with E-state index in [1.807, 2.05) is 72.9 Å². The van der Waals surface area contributed by atoms with Crippen molar-refractivity contribution in [1.29, 1.82) is 0 Å². The van der Waals surface area contributed by atoms with Crippen molar-refractivity contribution in [3.05, 3.63) is 96.1 Å². The van der Waals surface area contributed by atoms with Crippen LogP contribution in [0.2, 0.25) is 0 Å². The lowest BCUT2D eigenvalue weighted by Gasteiger charge is -2.11. The van der Waals surface area contributed by atoms with E-state index in [0.29, 0.717) is 12.5 Å². The average Bonchev–Trinajstić information content (AvgIpc) is 3.20. The van der Waals surface area contributed by atoms with Gasteiger partial charge in [0, 0.05) is 22.6 Å². The van der Waals surface area contributed by atoms with Crippen molar-refractivity contribution < 1.29 is 9.47 Å². The molecule has 5 nitrogen and oxygen atoms in total. The molecule has 0 radical (unpaired) electrons. The zero-order valence-electron chi connectivity index (χ0n) is 18.0. The summed E-state index contributed by atoms with van der Waals surface area (Å²) in [7, 11) is 3.35. The summed E-state index contributed by atoms with van der Waals surface area (Å²) in [5, 5.41) is 1.94. The number of rotatable bonds is 6. The van der Waals surface area contributed by atoms with Gasteiger partial charge >= 0.3 is 0 Å². The van der Waals surface area contributed by atoms with Crippen LogP contribution in [-0.4, -0.2) is 30.0 Å². The van der Waals surface area contributed by atoms with Crippen LogP contribution in [0.3, 0.4) is 0 Å². The molecule has 0 unspecified atom stereocenters. The molecular formula is C27H23N3O2. The molecule has 0 amide bonds. The highest BCUT2D eigenvalue weighted by Gasteiger charge is 2.12. The van der Waals surface area contributed by atoms with Crippen LogP contribution in [-0.2, 0) is 6.54 Å². The van der Waals surface area contributed by atoms with Gasteiger partial charge in [-0.15, -0.1) is 0 Å². The highest BCUT2D eigenvalue weighted by molar-refractivity contribution is 6.06. The number of imidazole rings is 1. The number of hydrogen-bond acceptors (Lipinski definition) is 4. The molecule has 0 atom stereocenters. The van der Waals surface area contributed by atoms with E-state index in [2.05, 4.69) is 22.8 Å². The van der Waals surface area contributed by atoms with E-state index in [1.54, 1.807) is 14.2 Å². The summed E-state index contributed by atoms with van der Waals surface area (Å²) in [4.78, 5) is 9.61. The lowest BCUT2D eigenvalue weighted by Crippen LogP contribution is -1.99. The van der Waals surface area contributed by atoms with Gasteiger partial charge in [0.25, 0.3) is 0 Å². The predicted molar refractivity (Wildman–Crippen MR) is 130 cm³/mol. The summed E-state index contributed by atoms with van der Waals surface area (Å²) >= 11 is 0. The van der Waals surface area contributed by atoms with E-state index in [1.165, 1.54) is 5.56 Å². The minimum atomic E-state index is 0.661. The second-order valence-corrected chi connectivity index (χ2v) is 7.47. The van der Waals surface area contributed by atoms with Crippen molar-refractivity contribution >= 4 is 34.0 Å². The van der Waals surface area contributed by atoms with Gasteiger partial charge < -0.3 is 14.0 Å². The normalized spacial score (nSPS) is 11.4. The van der Waals surface area contributed by atoms with Crippen molar-refractivity contribution in [2.24, 2.45) is 4.99 Å². The van der Waals surface area contributed by atoms with Gasteiger partial charge in [0.1, 0.15) is 11.5 Å². The minimum absolute atomic E-state index is 0.661. The molecule has 0 fully saturated rings. The first-order valence-electron chi connectivity index (χ1n) is 10.5. The molecule has 0 bridgehead atoms. The molecule has 5 rings (SSSR count). The summed E-state index contributed by atoms with van der Waals surface area (Å²) in [6.45, 7) is 0.695. The van der Waals surface area contributed by atoms with E-state index in [4.69, 9.17) is 19.5 Å². The van der Waals surface area contributed by atoms with Crippen LogP contribution in [0.1, 0.15) is 11.1 Å². The van der Waals surface area contributed by atoms with Crippen LogP contribution in [0, 0.1) is 0 Å². The highest BCUT2D eigenvalue weighted by Crippen LogP contribution is 2.34. The monoisotopic (exact) mass is 421 g/mol. The second kappa shape index (κ2) is 8.55. The fourth-order valence-electron chi connectivity index (χ4n) is 4.04. The molecule has 158 valence electrons. The molecule has 0 aliphatic rings. The Hall–Kier alpha value is -4.12. The first-order valence-corrected chi connectivity index (χ1v) is 10.5. The van der Waals surface area contributed by atoms with Gasteiger partial charge in [0.2, 0.25) is 5.95 Å². The van der Waals surface area contributed by atoms with Crippen LogP contribution in [0.5, 0.6) is 11.5 Å². The molecule has 5 heteroatoms. The Bertz CT molecular complexity index is 1420. The molecule has 0 spiro atoms. The van der Waals surface area contributed by atoms with E-state index in [0.717, 1.165) is 38.9 Å². The van der Waals surface area contributed by atoms with Crippen molar-refractivity contribution in [1.82, 2.24) is 9.55 Å². The van der Waals surface area contributed by atoms with Gasteiger partial charge in [-0.3, -0.25) is 0 Å². The smallest absolute Gasteiger partial charge is 0.230 e. The fraction of sp³-hybridized carbons (Fsp3) is 0.111. The van der Waals surface area contributed by atoms with Gasteiger partial charge in [-0.2, -0.15) is 0 Å². The standard InChI is InChI=1S/C27H23N3O2/c1-31-24-16-15-20(26-21(24)11-8-14-25(26)32-2)17-28-27-29-22-12-6-7-13-23(22)30(27)18-19-9-4-3-5-10-19/h3-17H,18H2,1-2H3. The number of fused-ring (bicyclic) bond motifs is 2. The Kier molecular flexibility index (Phi) is 5.30. The lowest BCUT2D eigenvalue weighted by molar-refractivity contribution is 0.415. The van der Waals surface area contributed by atoms with Crippen molar-refractivity contribution in [3.8, 4) is 11.5 Å². The van der Waals surface area contributed by atoms with Gasteiger partial charge in [-0.25, -0.2) is 9.98 Å². The SMILES string of the molecule is COc1ccc(C=Nc2nc3ccccc3n2Cc2ccccc2)c2c(OC)cccc12. The average molecular weight is 422 g/mol. The maximum atomic E-state index is 5.63. The second-order valence-electron chi connectivity index (χ2n) is 7.47. The Morgan fingerprint density at radius 1 is 0.812 bits per heavy atom. The third kappa shape index (κ3) is 3.58. The third-order valence-electron chi connectivity index (χ3n) is 5.57. The molecule has 0 aliphatic carbocycles. The minimum Gasteiger partial charge on any atom is -0.496 e. The van der Waals surface area contributed by atoms with Crippen molar-refractivity contribution in [2.45, 2.75) is 6.54 Å². The predicted octanol–water partition coefficient (Wildman–Crippen LogP) is 6.01. The molecule has 0 N–H and O–H groups in total. The topological polar surface area (TPSA) is 48.6 Å². The zero-order valence-corrected chi connectivity index (χ0v) is 18.0. The van der Waals surface area contributed by atoms with E-state index in [-0.39, 0.29) is 0 Å². The summed E-state index contributed by atoms with van der Waals surface area (Å²) in [6, 6.07) is 28.4. The number of ether oxygens (including phenoxy) is 2. The number of hydrogen-bond donors (Lipinski definition) is 0. The molecule has 5 aromatic rings. The highest BCUT2D eigenvalue weighted by atomic mass is 16.5. The van der Waals surface area contributed by atoms with Crippen LogP contribution in [0.4, 0.5) is 5.95 Å². The van der Waals surface area contributed by atoms with Crippen molar-refractivity contribution in [2.75, 3.05) is 14.2 Å². The largest absolute Gasteiger partial charge is 0.496 e. The van der Waals surface area contributed by atoms with Crippen molar-refractivity contribution in [3.63, 3.8) is 0 Å². The summed E-state index contributed by atoms with van der Waals surface area (Å²) < 4.78 is 13.3. The number of aromatic nitrogens is 2. The molecular weight excluding hydrogens is 398 g/mol. The summed E-state index contributed by atoms with van der Waals surface area (Å²) in [6.07, 6.45) is 1.85. The first kappa shape index (κ1) is 19.8. The number of nitrogens with zero attached hydrogens (tertiary/aromatic N) is 3. The maximum Gasteiger partial charge on any atom is 0.230 e. The number of benzene rings is 4. The molecule has 1 aromatic heterocycles. The number of aliphatic imine (C=N–C) groups is 1. The Balaban J connectivity index is 1.63. The van der Waals surface area contributed by atoms with Crippen LogP contribution < -0.4 is 9.47 Å². The first-order chi connectivity index (χ1) is 15.8. The van der Waals surface area contributed by atoms with Gasteiger partial charge in [-0.05, 0) is 35.9 Å². The van der Waals surface area contributed by atoms with Crippen LogP contribution in [0.15, 0.2) is 89.9 Å². The summed E-state index contributed by atoms with van der Waals surface area (Å²) in [5.41, 5.74) is 4.12.